The van der Waals surface area contributed by atoms with Gasteiger partial charge in [0, 0.05) is 10.4 Å². The van der Waals surface area contributed by atoms with E-state index in [1.54, 1.807) is 0 Å². The second kappa shape index (κ2) is 8.62. The van der Waals surface area contributed by atoms with E-state index in [-0.39, 0.29) is 46.1 Å². The summed E-state index contributed by atoms with van der Waals surface area (Å²) in [5.41, 5.74) is 0. The minimum Gasteiger partial charge on any atom is -0.759 e. The van der Waals surface area contributed by atoms with Crippen molar-refractivity contribution < 1.29 is 75.0 Å². The summed E-state index contributed by atoms with van der Waals surface area (Å²) in [6.45, 7) is 0. The molecule has 0 aromatic rings. The fraction of sp³-hybridized carbons (Fsp3) is 0. The second-order valence-electron chi connectivity index (χ2n) is 0.836. The molecule has 0 rings (SSSR count). The summed E-state index contributed by atoms with van der Waals surface area (Å²) >= 11 is 0. The summed E-state index contributed by atoms with van der Waals surface area (Å²) in [6, 6.07) is 0. The number of hydrogen-bond acceptors (Lipinski definition) is 8. The SMILES string of the molecule is N.O=S(=O)([O-])O.O=S(=O)([O-])[O-].[Gd+3]. The Hall–Kier alpha value is 1.02. The zero-order valence-electron chi connectivity index (χ0n) is 5.18. The molecule has 12 heavy (non-hydrogen) atoms. The Kier molecular flexibility index (Phi) is 16.6. The van der Waals surface area contributed by atoms with Gasteiger partial charge in [0.15, 0.2) is 0 Å². The average molecular weight is 367 g/mol. The largest absolute Gasteiger partial charge is 3.00 e. The summed E-state index contributed by atoms with van der Waals surface area (Å²) < 4.78 is 66.9. The molecular formula is H4GdNO8S2. The zero-order valence-corrected chi connectivity index (χ0v) is 9.08. The molecule has 0 heterocycles. The van der Waals surface area contributed by atoms with Gasteiger partial charge in [0.25, 0.3) is 0 Å². The molecule has 0 aromatic carbocycles. The molecule has 0 unspecified atom stereocenters. The van der Waals surface area contributed by atoms with E-state index >= 15 is 0 Å². The van der Waals surface area contributed by atoms with Gasteiger partial charge in [-0.2, -0.15) is 0 Å². The average Bonchev–Trinajstić information content (AvgIpc) is 1.12. The Morgan fingerprint density at radius 2 is 0.917 bits per heavy atom. The van der Waals surface area contributed by atoms with Crippen LogP contribution in [0.1, 0.15) is 0 Å². The molecule has 4 N–H and O–H groups in total. The Morgan fingerprint density at radius 3 is 0.917 bits per heavy atom. The fourth-order valence-corrected chi connectivity index (χ4v) is 0. The van der Waals surface area contributed by atoms with Crippen molar-refractivity contribution in [1.82, 2.24) is 6.15 Å². The molecule has 0 spiro atoms. The van der Waals surface area contributed by atoms with Gasteiger partial charge in [0.05, 0.1) is 0 Å². The second-order valence-corrected chi connectivity index (χ2v) is 2.51. The first-order valence-corrected chi connectivity index (χ1v) is 4.05. The summed E-state index contributed by atoms with van der Waals surface area (Å²) in [7, 11) is -10.1. The minimum atomic E-state index is -5.17. The maximum absolute atomic E-state index is 8.63. The van der Waals surface area contributed by atoms with Crippen molar-refractivity contribution in [2.45, 2.75) is 0 Å². The maximum atomic E-state index is 8.63. The maximum Gasteiger partial charge on any atom is 3.00 e. The predicted molar refractivity (Wildman–Crippen MR) is 27.8 cm³/mol. The Morgan fingerprint density at radius 1 is 0.917 bits per heavy atom. The van der Waals surface area contributed by atoms with Gasteiger partial charge in [-0.25, -0.2) is 8.42 Å². The molecule has 0 bridgehead atoms. The quantitative estimate of drug-likeness (QED) is 0.354. The van der Waals surface area contributed by atoms with Gasteiger partial charge in [-0.15, -0.1) is 0 Å². The van der Waals surface area contributed by atoms with Crippen LogP contribution >= 0.6 is 0 Å². The fourth-order valence-electron chi connectivity index (χ4n) is 0. The zero-order chi connectivity index (χ0) is 9.00. The van der Waals surface area contributed by atoms with Crippen LogP contribution in [0.4, 0.5) is 0 Å². The molecule has 0 amide bonds. The molecular weight excluding hydrogens is 363 g/mol. The monoisotopic (exact) mass is 368 g/mol. The van der Waals surface area contributed by atoms with E-state index in [0.717, 1.165) is 0 Å². The molecule has 0 aliphatic carbocycles. The van der Waals surface area contributed by atoms with Gasteiger partial charge in [-0.3, -0.25) is 13.0 Å². The van der Waals surface area contributed by atoms with Gasteiger partial charge < -0.3 is 19.8 Å². The van der Waals surface area contributed by atoms with Crippen LogP contribution in [0.5, 0.6) is 0 Å². The molecule has 0 saturated carbocycles. The van der Waals surface area contributed by atoms with Crippen LogP contribution in [-0.4, -0.2) is 35.0 Å². The van der Waals surface area contributed by atoms with Crippen molar-refractivity contribution in [3.8, 4) is 0 Å². The van der Waals surface area contributed by atoms with E-state index in [9.17, 15) is 0 Å². The molecule has 9 nitrogen and oxygen atoms in total. The van der Waals surface area contributed by atoms with E-state index in [2.05, 4.69) is 0 Å². The first-order chi connectivity index (χ1) is 4.00. The topological polar surface area (TPSA) is 193 Å². The Balaban J connectivity index is -0.0000000457. The van der Waals surface area contributed by atoms with Crippen LogP contribution in [0.2, 0.25) is 0 Å². The molecule has 12 heteroatoms. The smallest absolute Gasteiger partial charge is 0.759 e. The summed E-state index contributed by atoms with van der Waals surface area (Å²) in [6.07, 6.45) is 0. The summed E-state index contributed by atoms with van der Waals surface area (Å²) in [4.78, 5) is 0. The first kappa shape index (κ1) is 23.1. The van der Waals surface area contributed by atoms with Crippen LogP contribution in [0.15, 0.2) is 0 Å². The van der Waals surface area contributed by atoms with Crippen molar-refractivity contribution in [2.24, 2.45) is 0 Å². The van der Waals surface area contributed by atoms with Crippen molar-refractivity contribution in [1.29, 1.82) is 0 Å². The van der Waals surface area contributed by atoms with Crippen LogP contribution in [0.25, 0.3) is 0 Å². The van der Waals surface area contributed by atoms with Gasteiger partial charge in [-0.05, 0) is 0 Å². The van der Waals surface area contributed by atoms with Crippen LogP contribution in [-0.2, 0) is 20.8 Å². The molecule has 0 saturated heterocycles. The van der Waals surface area contributed by atoms with Crippen LogP contribution in [0.3, 0.4) is 0 Å². The minimum absolute atomic E-state index is 0. The number of hydrogen-bond donors (Lipinski definition) is 2. The molecule has 0 atom stereocenters. The third-order valence-electron chi connectivity index (χ3n) is 0. The molecule has 0 aliphatic heterocycles. The first-order valence-electron chi connectivity index (χ1n) is 1.35. The Bertz CT molecular complexity index is 213. The van der Waals surface area contributed by atoms with E-state index in [1.807, 2.05) is 0 Å². The van der Waals surface area contributed by atoms with Crippen molar-refractivity contribution >= 4 is 20.8 Å². The van der Waals surface area contributed by atoms with Gasteiger partial charge in [0.1, 0.15) is 0 Å². The van der Waals surface area contributed by atoms with E-state index < -0.39 is 20.8 Å². The normalized spacial score (nSPS) is 9.67. The van der Waals surface area contributed by atoms with Crippen LogP contribution < -0.4 is 6.15 Å². The van der Waals surface area contributed by atoms with Gasteiger partial charge >= 0.3 is 39.9 Å². The predicted octanol–water partition coefficient (Wildman–Crippen LogP) is -2.17. The van der Waals surface area contributed by atoms with Crippen LogP contribution in [0, 0.1) is 39.9 Å². The Labute approximate surface area is 101 Å². The molecule has 1 radical (unpaired) electrons. The summed E-state index contributed by atoms with van der Waals surface area (Å²) in [5.74, 6) is 0. The van der Waals surface area contributed by atoms with Gasteiger partial charge in [0.2, 0.25) is 10.4 Å². The molecule has 0 fully saturated rings. The van der Waals surface area contributed by atoms with E-state index in [4.69, 9.17) is 35.0 Å². The molecule has 77 valence electrons. The third-order valence-corrected chi connectivity index (χ3v) is 0. The summed E-state index contributed by atoms with van der Waals surface area (Å²) in [5, 5.41) is 0. The van der Waals surface area contributed by atoms with Crippen molar-refractivity contribution in [2.75, 3.05) is 0 Å². The molecule has 0 aromatic heterocycles. The molecule has 0 aliphatic rings. The van der Waals surface area contributed by atoms with Crippen molar-refractivity contribution in [3.63, 3.8) is 0 Å². The third kappa shape index (κ3) is 1060. The standard InChI is InChI=1S/Gd.H3N.2H2O4S/c;;2*1-5(2,3)4/h;1H3;2*(H2,1,2,3,4)/q+3;;;/p-3. The van der Waals surface area contributed by atoms with E-state index in [0.29, 0.717) is 0 Å². The van der Waals surface area contributed by atoms with E-state index in [1.165, 1.54) is 0 Å². The number of rotatable bonds is 0. The van der Waals surface area contributed by atoms with Gasteiger partial charge in [-0.1, -0.05) is 0 Å². The van der Waals surface area contributed by atoms with Crippen molar-refractivity contribution in [3.05, 3.63) is 0 Å².